The molecular weight excluding hydrogens is 829 g/mol. The third-order valence-corrected chi connectivity index (χ3v) is 17.8. The molecule has 0 unspecified atom stereocenters. The van der Waals surface area contributed by atoms with Crippen LogP contribution in [0.2, 0.25) is 0 Å². The minimum Gasteiger partial charge on any atom is -0.309 e. The summed E-state index contributed by atoms with van der Waals surface area (Å²) < 4.78 is 4.90. The van der Waals surface area contributed by atoms with E-state index in [1.54, 1.807) is 0 Å². The van der Waals surface area contributed by atoms with Gasteiger partial charge in [-0.05, 0) is 149 Å². The van der Waals surface area contributed by atoms with Crippen LogP contribution in [0.1, 0.15) is 17.5 Å². The number of benzene rings is 10. The Bertz CT molecular complexity index is 3730. The molecule has 2 nitrogen and oxygen atoms in total. The minimum absolute atomic E-state index is 1.09. The zero-order valence-corrected chi connectivity index (χ0v) is 37.8. The highest BCUT2D eigenvalue weighted by Gasteiger charge is 2.34. The Morgan fingerprint density at radius 2 is 0.806 bits per heavy atom. The van der Waals surface area contributed by atoms with Crippen LogP contribution in [0.3, 0.4) is 0 Å². The van der Waals surface area contributed by atoms with E-state index < -0.39 is 10.0 Å². The fourth-order valence-electron chi connectivity index (χ4n) is 10.8. The second kappa shape index (κ2) is 16.1. The van der Waals surface area contributed by atoms with Gasteiger partial charge in [0.05, 0.1) is 22.1 Å². The molecule has 1 aliphatic carbocycles. The van der Waals surface area contributed by atoms with Crippen molar-refractivity contribution >= 4 is 59.7 Å². The van der Waals surface area contributed by atoms with Crippen LogP contribution in [0.5, 0.6) is 0 Å². The number of para-hydroxylation sites is 2. The Balaban J connectivity index is 0.925. The fourth-order valence-corrected chi connectivity index (χ4v) is 14.7. The number of allylic oxidation sites excluding steroid dienone is 1. The van der Waals surface area contributed by atoms with Gasteiger partial charge in [-0.25, -0.2) is 0 Å². The highest BCUT2D eigenvalue weighted by molar-refractivity contribution is 8.34. The average Bonchev–Trinajstić information content (AvgIpc) is 3.92. The van der Waals surface area contributed by atoms with Gasteiger partial charge in [0.25, 0.3) is 0 Å². The lowest BCUT2D eigenvalue weighted by Crippen LogP contribution is -2.05. The van der Waals surface area contributed by atoms with Gasteiger partial charge in [-0.2, -0.15) is 0 Å². The van der Waals surface area contributed by atoms with Gasteiger partial charge >= 0.3 is 0 Å². The van der Waals surface area contributed by atoms with Crippen LogP contribution in [0.25, 0.3) is 83.3 Å². The quantitative estimate of drug-likeness (QED) is 0.144. The number of rotatable bonds is 8. The predicted octanol–water partition coefficient (Wildman–Crippen LogP) is 17.5. The summed E-state index contributed by atoms with van der Waals surface area (Å²) >= 11 is 0. The van der Waals surface area contributed by atoms with Crippen molar-refractivity contribution in [1.82, 2.24) is 9.13 Å². The maximum Gasteiger partial charge on any atom is 0.0552 e. The Labute approximate surface area is 392 Å². The molecule has 3 heteroatoms. The monoisotopic (exact) mass is 874 g/mol. The lowest BCUT2D eigenvalue weighted by Gasteiger charge is -2.42. The molecule has 0 saturated heterocycles. The topological polar surface area (TPSA) is 9.86 Å². The van der Waals surface area contributed by atoms with Crippen molar-refractivity contribution in [3.63, 3.8) is 0 Å². The van der Waals surface area contributed by atoms with Crippen LogP contribution in [-0.2, 0) is 6.42 Å². The first-order valence-electron chi connectivity index (χ1n) is 23.3. The molecule has 0 fully saturated rings. The fraction of sp³-hybridized carbons (Fsp3) is 0.0312. The molecule has 2 aromatic heterocycles. The summed E-state index contributed by atoms with van der Waals surface area (Å²) in [6.45, 7) is 0. The molecule has 67 heavy (non-hydrogen) atoms. The summed E-state index contributed by atoms with van der Waals surface area (Å²) in [6.07, 6.45) is 6.73. The smallest absolute Gasteiger partial charge is 0.0552 e. The van der Waals surface area contributed by atoms with Crippen molar-refractivity contribution in [1.29, 1.82) is 0 Å². The van der Waals surface area contributed by atoms with E-state index in [0.717, 1.165) is 18.5 Å². The van der Waals surface area contributed by atoms with Crippen molar-refractivity contribution < 1.29 is 0 Å². The van der Waals surface area contributed by atoms with Gasteiger partial charge in [-0.3, -0.25) is 0 Å². The first-order chi connectivity index (χ1) is 33.2. The van der Waals surface area contributed by atoms with Gasteiger partial charge in [0.15, 0.2) is 0 Å². The summed E-state index contributed by atoms with van der Waals surface area (Å²) in [4.78, 5) is 5.25. The van der Waals surface area contributed by atoms with E-state index in [9.17, 15) is 0 Å². The number of aromatic nitrogens is 2. The lowest BCUT2D eigenvalue weighted by atomic mass is 9.97. The summed E-state index contributed by atoms with van der Waals surface area (Å²) in [5.41, 5.74) is 14.8. The highest BCUT2D eigenvalue weighted by Crippen LogP contribution is 2.73. The van der Waals surface area contributed by atoms with Gasteiger partial charge in [-0.15, -0.1) is 10.0 Å². The van der Waals surface area contributed by atoms with Crippen LogP contribution in [0.15, 0.2) is 268 Å². The van der Waals surface area contributed by atoms with Crippen molar-refractivity contribution in [3.8, 4) is 33.6 Å². The molecule has 0 bridgehead atoms. The first-order valence-corrected chi connectivity index (χ1v) is 24.9. The number of aryl methyl sites for hydroxylation is 1. The number of nitrogens with zero attached hydrogens (tertiary/aromatic N) is 2. The third kappa shape index (κ3) is 6.42. The Hall–Kier alpha value is -8.11. The summed E-state index contributed by atoms with van der Waals surface area (Å²) in [5, 5.41) is 5.02. The molecule has 0 saturated carbocycles. The largest absolute Gasteiger partial charge is 0.309 e. The minimum atomic E-state index is -1.87. The van der Waals surface area contributed by atoms with E-state index in [1.807, 2.05) is 0 Å². The molecule has 0 aliphatic heterocycles. The molecule has 12 aromatic rings. The number of hydrogen-bond acceptors (Lipinski definition) is 0. The molecule has 13 rings (SSSR count). The van der Waals surface area contributed by atoms with Crippen molar-refractivity contribution in [2.24, 2.45) is 0 Å². The van der Waals surface area contributed by atoms with E-state index in [4.69, 9.17) is 0 Å². The van der Waals surface area contributed by atoms with Crippen molar-refractivity contribution in [2.45, 2.75) is 32.4 Å². The van der Waals surface area contributed by atoms with E-state index >= 15 is 0 Å². The third-order valence-electron chi connectivity index (χ3n) is 13.9. The van der Waals surface area contributed by atoms with E-state index in [1.165, 1.54) is 102 Å². The van der Waals surface area contributed by atoms with Crippen LogP contribution in [0.4, 0.5) is 0 Å². The maximum absolute atomic E-state index is 2.48. The molecular formula is C64H46N2S. The van der Waals surface area contributed by atoms with Crippen LogP contribution in [0, 0.1) is 0 Å². The van der Waals surface area contributed by atoms with Crippen molar-refractivity contribution in [3.05, 3.63) is 260 Å². The molecule has 1 aliphatic rings. The SMILES string of the molecule is C1=Cc2ccc(-n3c4ccccc4c4cc(-c5ccc(-c6ccc7c(c6)c6ccc(S(c8ccccc8)(c8ccccc8)c8ccccc8)cc6n7-c6ccccc6)cc5)ccc43)cc2CC1. The molecule has 10 aromatic carbocycles. The molecule has 0 atom stereocenters. The van der Waals surface area contributed by atoms with Gasteiger partial charge in [0, 0.05) is 52.5 Å². The Kier molecular flexibility index (Phi) is 9.43. The van der Waals surface area contributed by atoms with Gasteiger partial charge in [-0.1, -0.05) is 152 Å². The van der Waals surface area contributed by atoms with Crippen LogP contribution in [-0.4, -0.2) is 9.13 Å². The highest BCUT2D eigenvalue weighted by atomic mass is 32.3. The Morgan fingerprint density at radius 3 is 1.40 bits per heavy atom. The molecule has 0 N–H and O–H groups in total. The van der Waals surface area contributed by atoms with E-state index in [2.05, 4.69) is 264 Å². The molecule has 0 radical (unpaired) electrons. The van der Waals surface area contributed by atoms with E-state index in [0.29, 0.717) is 0 Å². The first kappa shape index (κ1) is 39.3. The second-order valence-corrected chi connectivity index (χ2v) is 20.7. The summed E-state index contributed by atoms with van der Waals surface area (Å²) in [5.74, 6) is 0. The summed E-state index contributed by atoms with van der Waals surface area (Å²) in [7, 11) is -1.87. The molecule has 318 valence electrons. The maximum atomic E-state index is 2.48. The zero-order valence-electron chi connectivity index (χ0n) is 37.0. The predicted molar refractivity (Wildman–Crippen MR) is 283 cm³/mol. The molecule has 0 spiro atoms. The van der Waals surface area contributed by atoms with Crippen LogP contribution >= 0.6 is 10.0 Å². The lowest BCUT2D eigenvalue weighted by molar-refractivity contribution is 0.979. The Morgan fingerprint density at radius 1 is 0.313 bits per heavy atom. The number of fused-ring (bicyclic) bond motifs is 7. The number of hydrogen-bond donors (Lipinski definition) is 0. The van der Waals surface area contributed by atoms with E-state index in [-0.39, 0.29) is 0 Å². The normalized spacial score (nSPS) is 12.8. The molecule has 2 heterocycles. The summed E-state index contributed by atoms with van der Waals surface area (Å²) in [6, 6.07) is 90.4. The molecule has 0 amide bonds. The average molecular weight is 875 g/mol. The standard InChI is InChI=1S/C64H46N2S/c1-5-19-51(20-6-1)65-62-39-34-50(43-60(62)58-38-37-56(44-64(58)65)67(53-21-7-2-8-22-53,54-23-9-3-10-24-54)55-25-11-4-12-26-55)47-31-29-46(30-32-47)49-35-40-63-59(42-49)57-27-15-16-28-61(57)66(63)52-36-33-45-17-13-14-18-48(45)41-52/h1-13,15-17,19-44H,14,18H2. The van der Waals surface area contributed by atoms with Crippen LogP contribution < -0.4 is 0 Å². The van der Waals surface area contributed by atoms with Gasteiger partial charge < -0.3 is 9.13 Å². The van der Waals surface area contributed by atoms with Gasteiger partial charge in [0.2, 0.25) is 0 Å². The van der Waals surface area contributed by atoms with Crippen molar-refractivity contribution in [2.75, 3.05) is 0 Å². The zero-order chi connectivity index (χ0) is 44.3. The van der Waals surface area contributed by atoms with Gasteiger partial charge in [0.1, 0.15) is 0 Å². The second-order valence-electron chi connectivity index (χ2n) is 17.6.